The molecule has 0 unspecified atom stereocenters. The van der Waals surface area contributed by atoms with Crippen LogP contribution >= 0.6 is 0 Å². The Morgan fingerprint density at radius 2 is 1.35 bits per heavy atom. The lowest BCUT2D eigenvalue weighted by molar-refractivity contribution is 0.516. The van der Waals surface area contributed by atoms with Gasteiger partial charge in [0.25, 0.3) is 0 Å². The standard InChI is InChI=1S/C24H31NSi/c1-19(2)22-17-12-18-23(22)26(25-24(3,4)5,20-13-8-6-9-14-20)21-15-10-7-11-16-21/h6-17,19,25H,18H2,1-5H3. The molecule has 0 spiro atoms. The van der Waals surface area contributed by atoms with E-state index in [1.807, 2.05) is 0 Å². The maximum atomic E-state index is 4.17. The Labute approximate surface area is 159 Å². The van der Waals surface area contributed by atoms with Crippen molar-refractivity contribution in [1.82, 2.24) is 4.98 Å². The topological polar surface area (TPSA) is 12.0 Å². The maximum absolute atomic E-state index is 4.17. The third kappa shape index (κ3) is 3.62. The van der Waals surface area contributed by atoms with E-state index >= 15 is 0 Å². The molecule has 0 aromatic heterocycles. The summed E-state index contributed by atoms with van der Waals surface area (Å²) in [5.41, 5.74) is 1.54. The summed E-state index contributed by atoms with van der Waals surface area (Å²) in [6, 6.07) is 22.3. The molecular formula is C24H31NSi. The molecule has 0 heterocycles. The molecular weight excluding hydrogens is 330 g/mol. The molecule has 0 bridgehead atoms. The van der Waals surface area contributed by atoms with Crippen LogP contribution in [0.25, 0.3) is 0 Å². The van der Waals surface area contributed by atoms with E-state index in [2.05, 4.69) is 112 Å². The van der Waals surface area contributed by atoms with Crippen LogP contribution in [0.1, 0.15) is 41.0 Å². The van der Waals surface area contributed by atoms with Crippen LogP contribution in [-0.4, -0.2) is 13.8 Å². The molecule has 0 aliphatic heterocycles. The first-order valence-corrected chi connectivity index (χ1v) is 11.6. The smallest absolute Gasteiger partial charge is 0.219 e. The lowest BCUT2D eigenvalue weighted by atomic mass is 10.1. The van der Waals surface area contributed by atoms with Crippen molar-refractivity contribution in [3.63, 3.8) is 0 Å². The molecule has 1 N–H and O–H groups in total. The summed E-state index contributed by atoms with van der Waals surface area (Å²) in [4.78, 5) is 4.17. The highest BCUT2D eigenvalue weighted by Gasteiger charge is 2.45. The van der Waals surface area contributed by atoms with Crippen molar-refractivity contribution in [3.05, 3.63) is 83.6 Å². The van der Waals surface area contributed by atoms with Crippen LogP contribution in [0.4, 0.5) is 0 Å². The second-order valence-corrected chi connectivity index (χ2v) is 12.1. The first-order valence-electron chi connectivity index (χ1n) is 9.65. The van der Waals surface area contributed by atoms with Crippen LogP contribution in [-0.2, 0) is 0 Å². The molecule has 2 aromatic carbocycles. The number of hydrogen-bond donors (Lipinski definition) is 1. The molecule has 136 valence electrons. The lowest BCUT2D eigenvalue weighted by Gasteiger charge is -2.42. The second-order valence-electron chi connectivity index (χ2n) is 8.55. The zero-order valence-corrected chi connectivity index (χ0v) is 17.7. The fourth-order valence-corrected chi connectivity index (χ4v) is 9.32. The molecule has 2 aromatic rings. The van der Waals surface area contributed by atoms with Crippen molar-refractivity contribution in [2.24, 2.45) is 5.92 Å². The van der Waals surface area contributed by atoms with Crippen LogP contribution in [0.5, 0.6) is 0 Å². The van der Waals surface area contributed by atoms with E-state index in [0.717, 1.165) is 6.42 Å². The molecule has 1 aliphatic rings. The Balaban J connectivity index is 2.35. The van der Waals surface area contributed by atoms with Gasteiger partial charge in [0.2, 0.25) is 8.24 Å². The fraction of sp³-hybridized carbons (Fsp3) is 0.333. The summed E-state index contributed by atoms with van der Waals surface area (Å²) in [6.07, 6.45) is 5.76. The van der Waals surface area contributed by atoms with Crippen LogP contribution in [0.3, 0.4) is 0 Å². The van der Waals surface area contributed by atoms with Gasteiger partial charge < -0.3 is 4.98 Å². The Morgan fingerprint density at radius 3 is 1.77 bits per heavy atom. The van der Waals surface area contributed by atoms with E-state index in [1.54, 1.807) is 5.20 Å². The van der Waals surface area contributed by atoms with Crippen LogP contribution in [0.15, 0.2) is 83.6 Å². The van der Waals surface area contributed by atoms with Gasteiger partial charge in [-0.15, -0.1) is 0 Å². The summed E-state index contributed by atoms with van der Waals surface area (Å²) in [5, 5.41) is 4.50. The van der Waals surface area contributed by atoms with E-state index < -0.39 is 8.24 Å². The number of nitrogens with one attached hydrogen (secondary N) is 1. The van der Waals surface area contributed by atoms with Crippen LogP contribution in [0.2, 0.25) is 0 Å². The van der Waals surface area contributed by atoms with Gasteiger partial charge in [-0.25, -0.2) is 0 Å². The normalized spacial score (nSPS) is 15.2. The third-order valence-electron chi connectivity index (χ3n) is 5.02. The molecule has 3 rings (SSSR count). The van der Waals surface area contributed by atoms with Crippen molar-refractivity contribution in [1.29, 1.82) is 0 Å². The van der Waals surface area contributed by atoms with Gasteiger partial charge in [0.15, 0.2) is 0 Å². The largest absolute Gasteiger partial charge is 0.322 e. The molecule has 2 heteroatoms. The summed E-state index contributed by atoms with van der Waals surface area (Å²) >= 11 is 0. The summed E-state index contributed by atoms with van der Waals surface area (Å²) in [5.74, 6) is 0.532. The van der Waals surface area contributed by atoms with E-state index in [0.29, 0.717) is 5.92 Å². The molecule has 26 heavy (non-hydrogen) atoms. The monoisotopic (exact) mass is 361 g/mol. The van der Waals surface area contributed by atoms with Gasteiger partial charge in [-0.1, -0.05) is 91.9 Å². The molecule has 0 radical (unpaired) electrons. The molecule has 0 amide bonds. The fourth-order valence-electron chi connectivity index (χ4n) is 4.11. The quantitative estimate of drug-likeness (QED) is 0.768. The highest BCUT2D eigenvalue weighted by molar-refractivity contribution is 7.05. The molecule has 0 saturated carbocycles. The molecule has 1 nitrogen and oxygen atoms in total. The van der Waals surface area contributed by atoms with Gasteiger partial charge in [-0.05, 0) is 49.1 Å². The number of rotatable bonds is 5. The average molecular weight is 362 g/mol. The maximum Gasteiger partial charge on any atom is 0.219 e. The van der Waals surface area contributed by atoms with E-state index in [4.69, 9.17) is 0 Å². The van der Waals surface area contributed by atoms with Gasteiger partial charge in [0.05, 0.1) is 0 Å². The van der Waals surface area contributed by atoms with E-state index in [-0.39, 0.29) is 5.54 Å². The van der Waals surface area contributed by atoms with Gasteiger partial charge in [-0.2, -0.15) is 0 Å². The molecule has 0 atom stereocenters. The predicted octanol–water partition coefficient (Wildman–Crippen LogP) is 4.59. The Hall–Kier alpha value is -1.90. The second kappa shape index (κ2) is 7.38. The van der Waals surface area contributed by atoms with Crippen molar-refractivity contribution < 1.29 is 0 Å². The highest BCUT2D eigenvalue weighted by Crippen LogP contribution is 2.32. The summed E-state index contributed by atoms with van der Waals surface area (Å²) in [6.45, 7) is 11.5. The predicted molar refractivity (Wildman–Crippen MR) is 116 cm³/mol. The number of allylic oxidation sites excluding steroid dienone is 4. The van der Waals surface area contributed by atoms with Gasteiger partial charge in [-0.3, -0.25) is 0 Å². The first kappa shape index (κ1) is 18.9. The Bertz CT molecular complexity index is 756. The van der Waals surface area contributed by atoms with Gasteiger partial charge >= 0.3 is 0 Å². The minimum absolute atomic E-state index is 0.0234. The van der Waals surface area contributed by atoms with Crippen molar-refractivity contribution >= 4 is 18.6 Å². The highest BCUT2D eigenvalue weighted by atomic mass is 28.3. The number of benzene rings is 2. The SMILES string of the molecule is CC(C)C1=C([Si](NC(C)(C)C)(c2ccccc2)c2ccccc2)CC=C1. The number of hydrogen-bond acceptors (Lipinski definition) is 1. The summed E-state index contributed by atoms with van der Waals surface area (Å²) < 4.78 is 0. The lowest BCUT2D eigenvalue weighted by Crippen LogP contribution is -2.74. The first-order chi connectivity index (χ1) is 12.3. The minimum atomic E-state index is -2.31. The van der Waals surface area contributed by atoms with Crippen LogP contribution in [0, 0.1) is 5.92 Å². The molecule has 1 aliphatic carbocycles. The zero-order valence-electron chi connectivity index (χ0n) is 16.7. The Morgan fingerprint density at radius 1 is 0.846 bits per heavy atom. The van der Waals surface area contributed by atoms with Crippen molar-refractivity contribution in [3.8, 4) is 0 Å². The van der Waals surface area contributed by atoms with Gasteiger partial charge in [0, 0.05) is 5.54 Å². The summed E-state index contributed by atoms with van der Waals surface area (Å²) in [7, 11) is -2.31. The van der Waals surface area contributed by atoms with Crippen LogP contribution < -0.4 is 15.4 Å². The minimum Gasteiger partial charge on any atom is -0.322 e. The van der Waals surface area contributed by atoms with Crippen molar-refractivity contribution in [2.75, 3.05) is 0 Å². The average Bonchev–Trinajstić information content (AvgIpc) is 3.11. The molecule has 0 saturated heterocycles. The Kier molecular flexibility index (Phi) is 5.36. The van der Waals surface area contributed by atoms with Gasteiger partial charge in [0.1, 0.15) is 0 Å². The van der Waals surface area contributed by atoms with E-state index in [1.165, 1.54) is 15.9 Å². The van der Waals surface area contributed by atoms with E-state index in [9.17, 15) is 0 Å². The van der Waals surface area contributed by atoms with Crippen molar-refractivity contribution in [2.45, 2.75) is 46.6 Å². The zero-order chi connectivity index (χ0) is 18.8. The third-order valence-corrected chi connectivity index (χ3v) is 9.94. The molecule has 0 fully saturated rings.